The van der Waals surface area contributed by atoms with E-state index in [1.807, 2.05) is 30.5 Å². The lowest BCUT2D eigenvalue weighted by Crippen LogP contribution is -2.13. The lowest BCUT2D eigenvalue weighted by atomic mass is 10.1. The number of rotatable bonds is 5. The molecule has 0 bridgehead atoms. The van der Waals surface area contributed by atoms with Crippen LogP contribution in [0.15, 0.2) is 36.7 Å². The third-order valence-electron chi connectivity index (χ3n) is 2.66. The summed E-state index contributed by atoms with van der Waals surface area (Å²) in [6.45, 7) is 0.499. The van der Waals surface area contributed by atoms with Crippen molar-refractivity contribution in [3.63, 3.8) is 0 Å². The number of aromatic nitrogens is 2. The van der Waals surface area contributed by atoms with E-state index in [4.69, 9.17) is 10.8 Å². The summed E-state index contributed by atoms with van der Waals surface area (Å²) < 4.78 is 1.69. The molecule has 1 heterocycles. The molecule has 1 aromatic heterocycles. The van der Waals surface area contributed by atoms with Crippen LogP contribution in [0.2, 0.25) is 0 Å². The molecule has 18 heavy (non-hydrogen) atoms. The van der Waals surface area contributed by atoms with Gasteiger partial charge in [-0.3, -0.25) is 9.48 Å². The van der Waals surface area contributed by atoms with Crippen molar-refractivity contribution in [1.29, 1.82) is 0 Å². The Balaban J connectivity index is 2.15. The van der Waals surface area contributed by atoms with Crippen LogP contribution in [0.4, 0.5) is 0 Å². The summed E-state index contributed by atoms with van der Waals surface area (Å²) in [5.74, 6) is -0.339. The third kappa shape index (κ3) is 2.95. The Morgan fingerprint density at radius 2 is 2.22 bits per heavy atom. The first-order valence-corrected chi connectivity index (χ1v) is 5.70. The SMILES string of the molecule is NC(=O)CCn1cc(-c2cccc(CO)c2)cn1. The molecular formula is C13H15N3O2. The van der Waals surface area contributed by atoms with Crippen molar-refractivity contribution in [3.05, 3.63) is 42.2 Å². The van der Waals surface area contributed by atoms with Gasteiger partial charge in [-0.05, 0) is 17.2 Å². The molecule has 2 aromatic rings. The second-order valence-corrected chi connectivity index (χ2v) is 4.07. The van der Waals surface area contributed by atoms with Gasteiger partial charge in [0.1, 0.15) is 0 Å². The van der Waals surface area contributed by atoms with E-state index >= 15 is 0 Å². The van der Waals surface area contributed by atoms with Crippen LogP contribution in [0.5, 0.6) is 0 Å². The van der Waals surface area contributed by atoms with E-state index in [0.29, 0.717) is 6.54 Å². The zero-order chi connectivity index (χ0) is 13.0. The quantitative estimate of drug-likeness (QED) is 0.821. The number of nitrogens with two attached hydrogens (primary N) is 1. The molecule has 0 fully saturated rings. The molecule has 1 aromatic carbocycles. The zero-order valence-corrected chi connectivity index (χ0v) is 9.91. The first kappa shape index (κ1) is 12.3. The molecule has 3 N–H and O–H groups in total. The van der Waals surface area contributed by atoms with Crippen LogP contribution in [-0.2, 0) is 17.9 Å². The summed E-state index contributed by atoms with van der Waals surface area (Å²) >= 11 is 0. The van der Waals surface area contributed by atoms with Crippen LogP contribution in [0.25, 0.3) is 11.1 Å². The average molecular weight is 245 g/mol. The number of aliphatic hydroxyl groups is 1. The van der Waals surface area contributed by atoms with Crippen LogP contribution in [0.3, 0.4) is 0 Å². The van der Waals surface area contributed by atoms with Crippen LogP contribution in [-0.4, -0.2) is 20.8 Å². The molecule has 5 heteroatoms. The highest BCUT2D eigenvalue weighted by Gasteiger charge is 2.03. The fraction of sp³-hybridized carbons (Fsp3) is 0.231. The molecule has 0 atom stereocenters. The number of hydrogen-bond acceptors (Lipinski definition) is 3. The molecule has 5 nitrogen and oxygen atoms in total. The van der Waals surface area contributed by atoms with Gasteiger partial charge in [-0.1, -0.05) is 18.2 Å². The number of hydrogen-bond donors (Lipinski definition) is 2. The number of nitrogens with zero attached hydrogens (tertiary/aromatic N) is 2. The Labute approximate surface area is 105 Å². The summed E-state index contributed by atoms with van der Waals surface area (Å²) in [6, 6.07) is 7.62. The molecule has 2 rings (SSSR count). The predicted molar refractivity (Wildman–Crippen MR) is 67.4 cm³/mol. The first-order valence-electron chi connectivity index (χ1n) is 5.70. The van der Waals surface area contributed by atoms with Gasteiger partial charge in [0.25, 0.3) is 0 Å². The van der Waals surface area contributed by atoms with Crippen molar-refractivity contribution in [2.24, 2.45) is 5.73 Å². The lowest BCUT2D eigenvalue weighted by molar-refractivity contribution is -0.118. The van der Waals surface area contributed by atoms with Gasteiger partial charge in [0.15, 0.2) is 0 Å². The third-order valence-corrected chi connectivity index (χ3v) is 2.66. The second kappa shape index (κ2) is 5.46. The number of amides is 1. The van der Waals surface area contributed by atoms with E-state index in [1.54, 1.807) is 10.9 Å². The number of carbonyl (C=O) groups excluding carboxylic acids is 1. The Bertz CT molecular complexity index is 549. The maximum absolute atomic E-state index is 10.7. The zero-order valence-electron chi connectivity index (χ0n) is 9.91. The number of carbonyl (C=O) groups is 1. The monoisotopic (exact) mass is 245 g/mol. The highest BCUT2D eigenvalue weighted by molar-refractivity contribution is 5.73. The average Bonchev–Trinajstić information content (AvgIpc) is 2.85. The van der Waals surface area contributed by atoms with Crippen LogP contribution in [0, 0.1) is 0 Å². The number of benzene rings is 1. The normalized spacial score (nSPS) is 10.5. The summed E-state index contributed by atoms with van der Waals surface area (Å²) in [7, 11) is 0. The molecule has 0 spiro atoms. The van der Waals surface area contributed by atoms with Gasteiger partial charge >= 0.3 is 0 Å². The number of aryl methyl sites for hydroxylation is 1. The van der Waals surface area contributed by atoms with E-state index in [2.05, 4.69) is 5.10 Å². The fourth-order valence-corrected chi connectivity index (χ4v) is 1.71. The van der Waals surface area contributed by atoms with Crippen LogP contribution in [0.1, 0.15) is 12.0 Å². The lowest BCUT2D eigenvalue weighted by Gasteiger charge is -2.00. The molecule has 0 aliphatic heterocycles. The smallest absolute Gasteiger partial charge is 0.219 e. The van der Waals surface area contributed by atoms with Gasteiger partial charge in [-0.25, -0.2) is 0 Å². The van der Waals surface area contributed by atoms with Crippen molar-refractivity contribution in [3.8, 4) is 11.1 Å². The minimum absolute atomic E-state index is 0.0175. The Hall–Kier alpha value is -2.14. The topological polar surface area (TPSA) is 81.1 Å². The minimum Gasteiger partial charge on any atom is -0.392 e. The molecule has 0 aliphatic carbocycles. The van der Waals surface area contributed by atoms with Crippen molar-refractivity contribution >= 4 is 5.91 Å². The van der Waals surface area contributed by atoms with E-state index in [9.17, 15) is 4.79 Å². The van der Waals surface area contributed by atoms with Crippen molar-refractivity contribution < 1.29 is 9.90 Å². The minimum atomic E-state index is -0.339. The highest BCUT2D eigenvalue weighted by atomic mass is 16.3. The summed E-state index contributed by atoms with van der Waals surface area (Å²) in [5.41, 5.74) is 7.89. The molecule has 94 valence electrons. The maximum Gasteiger partial charge on any atom is 0.219 e. The van der Waals surface area contributed by atoms with Gasteiger partial charge < -0.3 is 10.8 Å². The molecule has 0 saturated carbocycles. The van der Waals surface area contributed by atoms with Crippen LogP contribution >= 0.6 is 0 Å². The van der Waals surface area contributed by atoms with Crippen LogP contribution < -0.4 is 5.73 Å². The maximum atomic E-state index is 10.7. The van der Waals surface area contributed by atoms with E-state index in [1.165, 1.54) is 0 Å². The van der Waals surface area contributed by atoms with Gasteiger partial charge in [0.2, 0.25) is 5.91 Å². The van der Waals surface area contributed by atoms with Gasteiger partial charge in [-0.15, -0.1) is 0 Å². The molecule has 0 unspecified atom stereocenters. The Kier molecular flexibility index (Phi) is 3.74. The molecule has 1 amide bonds. The second-order valence-electron chi connectivity index (χ2n) is 4.07. The number of aliphatic hydroxyl groups excluding tert-OH is 1. The largest absolute Gasteiger partial charge is 0.392 e. The summed E-state index contributed by atoms with van der Waals surface area (Å²) in [5, 5.41) is 13.3. The molecule has 0 aliphatic rings. The highest BCUT2D eigenvalue weighted by Crippen LogP contribution is 2.19. The predicted octanol–water partition coefficient (Wildman–Crippen LogP) is 0.918. The standard InChI is InChI=1S/C13H15N3O2/c14-13(18)4-5-16-8-12(7-15-16)11-3-1-2-10(6-11)9-17/h1-3,6-8,17H,4-5,9H2,(H2,14,18). The molecule has 0 saturated heterocycles. The first-order chi connectivity index (χ1) is 8.69. The van der Waals surface area contributed by atoms with E-state index in [-0.39, 0.29) is 18.9 Å². The fourth-order valence-electron chi connectivity index (χ4n) is 1.71. The Morgan fingerprint density at radius 3 is 2.94 bits per heavy atom. The summed E-state index contributed by atoms with van der Waals surface area (Å²) in [6.07, 6.45) is 3.87. The molecular weight excluding hydrogens is 230 g/mol. The van der Waals surface area contributed by atoms with Gasteiger partial charge in [0, 0.05) is 24.7 Å². The van der Waals surface area contributed by atoms with Crippen molar-refractivity contribution in [2.45, 2.75) is 19.6 Å². The van der Waals surface area contributed by atoms with Crippen molar-refractivity contribution in [1.82, 2.24) is 9.78 Å². The summed E-state index contributed by atoms with van der Waals surface area (Å²) in [4.78, 5) is 10.7. The van der Waals surface area contributed by atoms with Crippen molar-refractivity contribution in [2.75, 3.05) is 0 Å². The Morgan fingerprint density at radius 1 is 1.39 bits per heavy atom. The molecule has 0 radical (unpaired) electrons. The van der Waals surface area contributed by atoms with Gasteiger partial charge in [-0.2, -0.15) is 5.10 Å². The van der Waals surface area contributed by atoms with Gasteiger partial charge in [0.05, 0.1) is 12.8 Å². The van der Waals surface area contributed by atoms with E-state index < -0.39 is 0 Å². The van der Waals surface area contributed by atoms with E-state index in [0.717, 1.165) is 16.7 Å². The number of primary amides is 1.